The Kier molecular flexibility index (Phi) is 8.22. The molecule has 3 aromatic heterocycles. The van der Waals surface area contributed by atoms with Gasteiger partial charge in [-0.05, 0) is 37.1 Å². The predicted octanol–water partition coefficient (Wildman–Crippen LogP) is 5.14. The van der Waals surface area contributed by atoms with Crippen LogP contribution in [0.5, 0.6) is 6.01 Å². The van der Waals surface area contributed by atoms with Crippen molar-refractivity contribution in [1.82, 2.24) is 35.2 Å². The third-order valence-electron chi connectivity index (χ3n) is 8.99. The quantitative estimate of drug-likeness (QED) is 0.223. The molecule has 2 aliphatic rings. The van der Waals surface area contributed by atoms with Gasteiger partial charge in [-0.15, -0.1) is 16.4 Å². The number of amides is 1. The van der Waals surface area contributed by atoms with Gasteiger partial charge in [0.2, 0.25) is 0 Å². The van der Waals surface area contributed by atoms with Gasteiger partial charge in [0, 0.05) is 49.4 Å². The number of nitriles is 1. The summed E-state index contributed by atoms with van der Waals surface area (Å²) in [5.74, 6) is -1.19. The third kappa shape index (κ3) is 5.41. The monoisotopic (exact) mass is 696 g/mol. The molecular weight excluding hydrogens is 669 g/mol. The fourth-order valence-corrected chi connectivity index (χ4v) is 8.00. The van der Waals surface area contributed by atoms with Gasteiger partial charge in [0.15, 0.2) is 5.82 Å². The van der Waals surface area contributed by atoms with E-state index in [1.54, 1.807) is 11.9 Å². The van der Waals surface area contributed by atoms with Crippen LogP contribution in [-0.4, -0.2) is 87.4 Å². The molecule has 12 nitrogen and oxygen atoms in total. The van der Waals surface area contributed by atoms with E-state index < -0.39 is 29.4 Å². The van der Waals surface area contributed by atoms with E-state index in [0.29, 0.717) is 13.0 Å². The van der Waals surface area contributed by atoms with Crippen molar-refractivity contribution in [3.63, 3.8) is 0 Å². The molecule has 0 bridgehead atoms. The third-order valence-corrected chi connectivity index (χ3v) is 10.3. The first-order valence-electron chi connectivity index (χ1n) is 15.1. The van der Waals surface area contributed by atoms with E-state index in [4.69, 9.17) is 22.1 Å². The summed E-state index contributed by atoms with van der Waals surface area (Å²) in [7, 11) is 1.70. The molecule has 2 atom stereocenters. The number of ether oxygens (including phenoxy) is 1. The molecule has 0 aliphatic carbocycles. The van der Waals surface area contributed by atoms with E-state index in [9.17, 15) is 18.8 Å². The highest BCUT2D eigenvalue weighted by molar-refractivity contribution is 7.23. The zero-order valence-corrected chi connectivity index (χ0v) is 27.1. The highest BCUT2D eigenvalue weighted by Crippen LogP contribution is 2.46. The molecule has 2 aromatic carbocycles. The lowest BCUT2D eigenvalue weighted by Gasteiger charge is -2.31. The molecule has 0 radical (unpaired) electrons. The maximum absolute atomic E-state index is 16.8. The van der Waals surface area contributed by atoms with E-state index in [2.05, 4.69) is 30.5 Å². The number of carbonyl (C=O) groups excluding carboxylic acids is 1. The van der Waals surface area contributed by atoms with Crippen LogP contribution in [0.2, 0.25) is 5.02 Å². The number of thiophene rings is 1. The molecule has 48 heavy (non-hydrogen) atoms. The Morgan fingerprint density at radius 2 is 2.19 bits per heavy atom. The van der Waals surface area contributed by atoms with Crippen molar-refractivity contribution in [3.05, 3.63) is 52.8 Å². The number of hydrogen-bond donors (Lipinski definition) is 2. The zero-order valence-electron chi connectivity index (χ0n) is 25.5. The molecule has 248 valence electrons. The number of nitrogen functional groups attached to an aromatic ring is 1. The lowest BCUT2D eigenvalue weighted by molar-refractivity contribution is 0.107. The fraction of sp³-hybridized carbons (Fsp3) is 0.355. The Balaban J connectivity index is 1.31. The maximum Gasteiger partial charge on any atom is 0.343 e. The first-order valence-corrected chi connectivity index (χ1v) is 16.3. The zero-order chi connectivity index (χ0) is 33.7. The van der Waals surface area contributed by atoms with E-state index in [0.717, 1.165) is 35.4 Å². The van der Waals surface area contributed by atoms with E-state index in [-0.39, 0.29) is 79.2 Å². The van der Waals surface area contributed by atoms with Crippen LogP contribution in [0.3, 0.4) is 0 Å². The summed E-state index contributed by atoms with van der Waals surface area (Å²) in [6, 6.07) is 5.40. The minimum absolute atomic E-state index is 0.0169. The second-order valence-corrected chi connectivity index (χ2v) is 13.4. The molecule has 3 N–H and O–H groups in total. The smallest absolute Gasteiger partial charge is 0.343 e. The fourth-order valence-electron chi connectivity index (χ4n) is 6.75. The van der Waals surface area contributed by atoms with Gasteiger partial charge in [-0.1, -0.05) is 22.9 Å². The van der Waals surface area contributed by atoms with Gasteiger partial charge in [-0.25, -0.2) is 18.0 Å². The standard InChI is InChI=1S/C31H28ClF3N10O2S/c1-43(9-6-38-30(46)45-10-7-39-42-45)28-18-11-20(32)23(17-3-4-21(34)26-22(17)19(13-36)27(37)48-26)24(35)25(18)40-29(41-28)47-15-31-5-2-8-44(31)14-16(33)12-31/h3-4,7,10-11,16H,2,5-6,8-9,12,14-15,37H2,1H3,(H,38,46)/t16-,31+/m1/s1. The first-order chi connectivity index (χ1) is 23.1. The number of halogens is 4. The van der Waals surface area contributed by atoms with Crippen molar-refractivity contribution in [1.29, 1.82) is 5.26 Å². The lowest BCUT2D eigenvalue weighted by Crippen LogP contribution is -2.43. The van der Waals surface area contributed by atoms with Gasteiger partial charge in [0.05, 0.1) is 33.2 Å². The molecule has 2 saturated heterocycles. The molecule has 5 heterocycles. The van der Waals surface area contributed by atoms with Gasteiger partial charge in [0.25, 0.3) is 0 Å². The van der Waals surface area contributed by atoms with Crippen molar-refractivity contribution in [3.8, 4) is 23.2 Å². The Hall–Kier alpha value is -4.72. The molecule has 0 unspecified atom stereocenters. The number of nitrogens with one attached hydrogen (secondary N) is 1. The van der Waals surface area contributed by atoms with Gasteiger partial charge < -0.3 is 20.7 Å². The van der Waals surface area contributed by atoms with Crippen molar-refractivity contribution in [2.24, 2.45) is 0 Å². The summed E-state index contributed by atoms with van der Waals surface area (Å²) >= 11 is 7.65. The molecule has 0 spiro atoms. The van der Waals surface area contributed by atoms with E-state index in [1.807, 2.05) is 6.07 Å². The summed E-state index contributed by atoms with van der Waals surface area (Å²) in [6.45, 7) is 1.59. The SMILES string of the molecule is CN(CCNC(=O)n1ccnn1)c1nc(OC[C@@]23CCCN2C[C@H](F)C3)nc2c(F)c(-c3ccc(F)c4sc(N)c(C#N)c34)c(Cl)cc12. The van der Waals surface area contributed by atoms with Gasteiger partial charge in [-0.3, -0.25) is 4.90 Å². The number of anilines is 2. The van der Waals surface area contributed by atoms with Crippen LogP contribution >= 0.6 is 22.9 Å². The van der Waals surface area contributed by atoms with E-state index in [1.165, 1.54) is 30.6 Å². The predicted molar refractivity (Wildman–Crippen MR) is 175 cm³/mol. The van der Waals surface area contributed by atoms with Crippen LogP contribution in [-0.2, 0) is 0 Å². The number of fused-ring (bicyclic) bond motifs is 3. The minimum Gasteiger partial charge on any atom is -0.461 e. The molecule has 0 saturated carbocycles. The molecule has 2 aliphatic heterocycles. The van der Waals surface area contributed by atoms with Crippen LogP contribution in [0.15, 0.2) is 30.6 Å². The number of rotatable bonds is 8. The molecule has 5 aromatic rings. The molecular formula is C31H28ClF3N10O2S. The van der Waals surface area contributed by atoms with Gasteiger partial charge >= 0.3 is 12.0 Å². The number of hydrogen-bond acceptors (Lipinski definition) is 11. The largest absolute Gasteiger partial charge is 0.461 e. The van der Waals surface area contributed by atoms with Crippen LogP contribution in [0.4, 0.5) is 28.8 Å². The highest BCUT2D eigenvalue weighted by atomic mass is 35.5. The molecule has 2 fully saturated rings. The molecule has 17 heteroatoms. The normalized spacial score (nSPS) is 19.1. The first kappa shape index (κ1) is 31.9. The van der Waals surface area contributed by atoms with Crippen LogP contribution in [0.1, 0.15) is 24.8 Å². The Morgan fingerprint density at radius 3 is 2.96 bits per heavy atom. The lowest BCUT2D eigenvalue weighted by atomic mass is 9.95. The summed E-state index contributed by atoms with van der Waals surface area (Å²) < 4.78 is 53.4. The van der Waals surface area contributed by atoms with Gasteiger partial charge in [0.1, 0.15) is 41.0 Å². The molecule has 1 amide bonds. The Labute approximate surface area is 280 Å². The number of likely N-dealkylation sites (N-methyl/N-ethyl adjacent to an activating group) is 1. The number of aromatic nitrogens is 5. The Bertz CT molecular complexity index is 2110. The van der Waals surface area contributed by atoms with E-state index >= 15 is 4.39 Å². The Morgan fingerprint density at radius 1 is 1.35 bits per heavy atom. The van der Waals surface area contributed by atoms with Crippen molar-refractivity contribution in [2.75, 3.05) is 50.5 Å². The topological polar surface area (TPSA) is 151 Å². The van der Waals surface area contributed by atoms with Crippen molar-refractivity contribution < 1.29 is 22.7 Å². The van der Waals surface area contributed by atoms with Gasteiger partial charge in [-0.2, -0.15) is 19.9 Å². The number of nitrogens with two attached hydrogens (primary N) is 1. The summed E-state index contributed by atoms with van der Waals surface area (Å²) in [4.78, 5) is 25.2. The van der Waals surface area contributed by atoms with Crippen molar-refractivity contribution >= 4 is 60.8 Å². The van der Waals surface area contributed by atoms with Crippen molar-refractivity contribution in [2.45, 2.75) is 31.0 Å². The number of nitrogens with zero attached hydrogens (tertiary/aromatic N) is 8. The van der Waals surface area contributed by atoms with Crippen LogP contribution < -0.4 is 20.7 Å². The average Bonchev–Trinajstić information content (AvgIpc) is 3.85. The van der Waals surface area contributed by atoms with Crippen LogP contribution in [0, 0.1) is 23.0 Å². The summed E-state index contributed by atoms with van der Waals surface area (Å²) in [6.07, 6.45) is 3.78. The minimum atomic E-state index is -0.972. The summed E-state index contributed by atoms with van der Waals surface area (Å²) in [5.41, 5.74) is 5.48. The number of benzene rings is 2. The molecule has 7 rings (SSSR count). The highest BCUT2D eigenvalue weighted by Gasteiger charge is 2.49. The average molecular weight is 697 g/mol. The second kappa shape index (κ2) is 12.4. The number of alkyl halides is 1. The second-order valence-electron chi connectivity index (χ2n) is 11.9. The summed E-state index contributed by atoms with van der Waals surface area (Å²) in [5, 5.41) is 20.3. The number of carbonyl (C=O) groups is 1. The van der Waals surface area contributed by atoms with Crippen LogP contribution in [0.25, 0.3) is 32.1 Å². The maximum atomic E-state index is 16.8.